The van der Waals surface area contributed by atoms with Gasteiger partial charge in [0.2, 0.25) is 6.39 Å². The van der Waals surface area contributed by atoms with Crippen LogP contribution in [0.4, 0.5) is 13.2 Å². The van der Waals surface area contributed by atoms with E-state index in [1.807, 2.05) is 0 Å². The first-order valence-electron chi connectivity index (χ1n) is 4.90. The van der Waals surface area contributed by atoms with E-state index >= 15 is 0 Å². The summed E-state index contributed by atoms with van der Waals surface area (Å²) in [6.45, 7) is 1.63. The van der Waals surface area contributed by atoms with Gasteiger partial charge in [-0.3, -0.25) is 0 Å². The molecule has 110 valence electrons. The summed E-state index contributed by atoms with van der Waals surface area (Å²) in [4.78, 5) is 0. The van der Waals surface area contributed by atoms with Gasteiger partial charge in [0.05, 0.1) is 13.2 Å². The summed E-state index contributed by atoms with van der Waals surface area (Å²) in [6.07, 6.45) is -3.89. The number of hydrogen-bond acceptors (Lipinski definition) is 6. The molecule has 1 aliphatic heterocycles. The van der Waals surface area contributed by atoms with Gasteiger partial charge in [-0.15, -0.1) is 10.2 Å². The molecule has 0 bridgehead atoms. The molecule has 0 radical (unpaired) electrons. The van der Waals surface area contributed by atoms with Crippen LogP contribution in [0.5, 0.6) is 0 Å². The smallest absolute Gasteiger partial charge is 0.420 e. The van der Waals surface area contributed by atoms with Crippen LogP contribution in [-0.2, 0) is 21.1 Å². The van der Waals surface area contributed by atoms with Crippen LogP contribution >= 0.6 is 0 Å². The van der Waals surface area contributed by atoms with Crippen molar-refractivity contribution in [3.8, 4) is 0 Å². The maximum Gasteiger partial charge on any atom is 0.470 e. The molecule has 2 heterocycles. The lowest BCUT2D eigenvalue weighted by atomic mass is 10.5. The lowest BCUT2D eigenvalue weighted by molar-refractivity contribution is -0.157. The highest BCUT2D eigenvalue weighted by Crippen LogP contribution is 2.26. The van der Waals surface area contributed by atoms with Crippen molar-refractivity contribution in [2.75, 3.05) is 26.3 Å². The average molecular weight is 304 g/mol. The Kier molecular flexibility index (Phi) is 5.22. The molecule has 1 aromatic rings. The Bertz CT molecular complexity index is 469. The SMILES string of the molecule is FC(F)(F)c1nnco1.NS(=O)(=O)N1CCOCC1. The fourth-order valence-electron chi connectivity index (χ4n) is 1.10. The lowest BCUT2D eigenvalue weighted by Crippen LogP contribution is -2.44. The first-order chi connectivity index (χ1) is 8.71. The molecule has 0 aromatic carbocycles. The van der Waals surface area contributed by atoms with Gasteiger partial charge in [0.15, 0.2) is 0 Å². The standard InChI is InChI=1S/C4H10N2O3S.C3HF3N2O/c5-10(7,8)6-1-3-9-4-2-6;4-3(5,6)2-8-7-1-9-2/h1-4H2,(H2,5,7,8);1H. The van der Waals surface area contributed by atoms with Gasteiger partial charge in [-0.2, -0.15) is 25.9 Å². The number of halogens is 3. The molecule has 1 aliphatic rings. The van der Waals surface area contributed by atoms with Crippen molar-refractivity contribution < 1.29 is 30.7 Å². The number of hydrogen-bond donors (Lipinski definition) is 1. The number of aromatic nitrogens is 2. The van der Waals surface area contributed by atoms with Crippen molar-refractivity contribution >= 4 is 10.2 Å². The minimum atomic E-state index is -4.52. The highest BCUT2D eigenvalue weighted by atomic mass is 32.2. The van der Waals surface area contributed by atoms with Crippen molar-refractivity contribution in [1.29, 1.82) is 0 Å². The zero-order valence-electron chi connectivity index (χ0n) is 9.50. The zero-order chi connectivity index (χ0) is 14.5. The third kappa shape index (κ3) is 5.50. The number of nitrogens with zero attached hydrogens (tertiary/aromatic N) is 3. The molecular weight excluding hydrogens is 293 g/mol. The summed E-state index contributed by atoms with van der Waals surface area (Å²) in [5.74, 6) is -1.32. The zero-order valence-corrected chi connectivity index (χ0v) is 10.3. The van der Waals surface area contributed by atoms with Crippen molar-refractivity contribution in [3.05, 3.63) is 12.3 Å². The predicted molar refractivity (Wildman–Crippen MR) is 54.8 cm³/mol. The van der Waals surface area contributed by atoms with Crippen LogP contribution in [0.25, 0.3) is 0 Å². The van der Waals surface area contributed by atoms with E-state index in [-0.39, 0.29) is 0 Å². The molecule has 2 N–H and O–H groups in total. The van der Waals surface area contributed by atoms with Gasteiger partial charge < -0.3 is 9.15 Å². The Morgan fingerprint density at radius 1 is 1.32 bits per heavy atom. The first kappa shape index (κ1) is 15.8. The van der Waals surface area contributed by atoms with Crippen molar-refractivity contribution in [1.82, 2.24) is 14.5 Å². The Hall–Kier alpha value is -1.24. The van der Waals surface area contributed by atoms with E-state index in [0.29, 0.717) is 32.7 Å². The summed E-state index contributed by atoms with van der Waals surface area (Å²) in [7, 11) is -3.47. The van der Waals surface area contributed by atoms with Gasteiger partial charge >= 0.3 is 12.1 Å². The normalized spacial score (nSPS) is 17.7. The van der Waals surface area contributed by atoms with Gasteiger partial charge in [-0.25, -0.2) is 5.14 Å². The summed E-state index contributed by atoms with van der Waals surface area (Å²) in [5, 5.41) is 10.4. The molecule has 0 spiro atoms. The maximum absolute atomic E-state index is 11.4. The van der Waals surface area contributed by atoms with E-state index in [4.69, 9.17) is 9.88 Å². The molecule has 1 saturated heterocycles. The molecule has 1 aromatic heterocycles. The largest absolute Gasteiger partial charge is 0.470 e. The fraction of sp³-hybridized carbons (Fsp3) is 0.714. The summed E-state index contributed by atoms with van der Waals surface area (Å²) in [6, 6.07) is 0. The minimum Gasteiger partial charge on any atom is -0.420 e. The number of morpholine rings is 1. The molecule has 1 fully saturated rings. The Balaban J connectivity index is 0.000000191. The minimum absolute atomic E-state index is 0.374. The molecular formula is C7H11F3N4O4S. The van der Waals surface area contributed by atoms with Crippen LogP contribution in [0.1, 0.15) is 5.89 Å². The number of rotatable bonds is 1. The van der Waals surface area contributed by atoms with Crippen molar-refractivity contribution in [2.45, 2.75) is 6.18 Å². The maximum atomic E-state index is 11.4. The lowest BCUT2D eigenvalue weighted by Gasteiger charge is -2.23. The highest BCUT2D eigenvalue weighted by molar-refractivity contribution is 7.86. The second-order valence-electron chi connectivity index (χ2n) is 3.30. The van der Waals surface area contributed by atoms with E-state index in [9.17, 15) is 21.6 Å². The second kappa shape index (κ2) is 6.27. The molecule has 12 heteroatoms. The summed E-state index contributed by atoms with van der Waals surface area (Å²) < 4.78 is 65.5. The topological polar surface area (TPSA) is 112 Å². The third-order valence-corrected chi connectivity index (χ3v) is 3.02. The van der Waals surface area contributed by atoms with E-state index < -0.39 is 22.3 Å². The first-order valence-corrected chi connectivity index (χ1v) is 6.40. The van der Waals surface area contributed by atoms with E-state index in [2.05, 4.69) is 14.6 Å². The van der Waals surface area contributed by atoms with Crippen LogP contribution in [0.15, 0.2) is 10.8 Å². The fourth-order valence-corrected chi connectivity index (χ4v) is 1.76. The van der Waals surface area contributed by atoms with Gasteiger partial charge in [0, 0.05) is 13.1 Å². The van der Waals surface area contributed by atoms with Crippen LogP contribution < -0.4 is 5.14 Å². The molecule has 0 atom stereocenters. The predicted octanol–water partition coefficient (Wildman–Crippen LogP) is -0.390. The second-order valence-corrected chi connectivity index (χ2v) is 4.84. The molecule has 19 heavy (non-hydrogen) atoms. The van der Waals surface area contributed by atoms with Crippen molar-refractivity contribution in [2.24, 2.45) is 5.14 Å². The third-order valence-electron chi connectivity index (χ3n) is 1.93. The van der Waals surface area contributed by atoms with E-state index in [1.54, 1.807) is 0 Å². The van der Waals surface area contributed by atoms with Crippen LogP contribution in [-0.4, -0.2) is 49.2 Å². The highest BCUT2D eigenvalue weighted by Gasteiger charge is 2.36. The Morgan fingerprint density at radius 2 is 1.89 bits per heavy atom. The van der Waals surface area contributed by atoms with E-state index in [0.717, 1.165) is 0 Å². The summed E-state index contributed by atoms with van der Waals surface area (Å²) >= 11 is 0. The van der Waals surface area contributed by atoms with Gasteiger partial charge in [-0.1, -0.05) is 0 Å². The van der Waals surface area contributed by atoms with Gasteiger partial charge in [0.25, 0.3) is 10.2 Å². The molecule has 0 aliphatic carbocycles. The molecule has 0 unspecified atom stereocenters. The van der Waals surface area contributed by atoms with Gasteiger partial charge in [-0.05, 0) is 0 Å². The Morgan fingerprint density at radius 3 is 2.16 bits per heavy atom. The van der Waals surface area contributed by atoms with Gasteiger partial charge in [0.1, 0.15) is 0 Å². The number of nitrogens with two attached hydrogens (primary N) is 1. The molecule has 0 amide bonds. The molecule has 0 saturated carbocycles. The summed E-state index contributed by atoms with van der Waals surface area (Å²) in [5.41, 5.74) is 0. The molecule has 8 nitrogen and oxygen atoms in total. The van der Waals surface area contributed by atoms with Crippen molar-refractivity contribution in [3.63, 3.8) is 0 Å². The number of ether oxygens (including phenoxy) is 1. The van der Waals surface area contributed by atoms with Crippen LogP contribution in [0.2, 0.25) is 0 Å². The quantitative estimate of drug-likeness (QED) is 0.756. The van der Waals surface area contributed by atoms with Crippen LogP contribution in [0.3, 0.4) is 0 Å². The Labute approximate surface area is 106 Å². The number of alkyl halides is 3. The average Bonchev–Trinajstić information content (AvgIpc) is 2.83. The van der Waals surface area contributed by atoms with E-state index in [1.165, 1.54) is 4.31 Å². The van der Waals surface area contributed by atoms with Crippen LogP contribution in [0, 0.1) is 0 Å². The monoisotopic (exact) mass is 304 g/mol. The molecule has 2 rings (SSSR count).